The van der Waals surface area contributed by atoms with E-state index in [1.54, 1.807) is 18.2 Å². The Morgan fingerprint density at radius 2 is 2.16 bits per heavy atom. The molecular formula is C13H14BrNO4. The highest BCUT2D eigenvalue weighted by Gasteiger charge is 2.11. The number of ether oxygens (including phenoxy) is 1. The van der Waals surface area contributed by atoms with Gasteiger partial charge in [0, 0.05) is 16.1 Å². The van der Waals surface area contributed by atoms with Crippen LogP contribution in [0.3, 0.4) is 0 Å². The Bertz CT molecular complexity index is 513. The lowest BCUT2D eigenvalue weighted by molar-refractivity contribution is -0.140. The summed E-state index contributed by atoms with van der Waals surface area (Å²) >= 11 is 3.32. The van der Waals surface area contributed by atoms with Crippen LogP contribution in [0.4, 0.5) is 0 Å². The first-order valence-electron chi connectivity index (χ1n) is 5.49. The number of carboxylic acids is 1. The number of carbonyl (C=O) groups excluding carboxylic acids is 1. The summed E-state index contributed by atoms with van der Waals surface area (Å²) < 4.78 is 6.01. The van der Waals surface area contributed by atoms with Gasteiger partial charge in [-0.2, -0.15) is 0 Å². The van der Waals surface area contributed by atoms with Gasteiger partial charge in [0.15, 0.2) is 0 Å². The minimum Gasteiger partial charge on any atom is -0.496 e. The van der Waals surface area contributed by atoms with Crippen molar-refractivity contribution in [3.63, 3.8) is 0 Å². The SMILES string of the molecule is COc1ccc(Br)cc1/C=C/C(=O)N[C@H](C)C(=O)O. The van der Waals surface area contributed by atoms with E-state index >= 15 is 0 Å². The zero-order chi connectivity index (χ0) is 14.4. The van der Waals surface area contributed by atoms with Gasteiger partial charge in [0.05, 0.1) is 7.11 Å². The molecule has 0 aliphatic heterocycles. The molecule has 5 nitrogen and oxygen atoms in total. The molecule has 0 fully saturated rings. The highest BCUT2D eigenvalue weighted by atomic mass is 79.9. The van der Waals surface area contributed by atoms with Gasteiger partial charge in [-0.1, -0.05) is 15.9 Å². The highest BCUT2D eigenvalue weighted by molar-refractivity contribution is 9.10. The molecule has 0 unspecified atom stereocenters. The molecule has 1 aromatic rings. The predicted octanol–water partition coefficient (Wildman–Crippen LogP) is 2.06. The van der Waals surface area contributed by atoms with Crippen molar-refractivity contribution in [1.82, 2.24) is 5.32 Å². The van der Waals surface area contributed by atoms with E-state index in [1.807, 2.05) is 6.07 Å². The fourth-order valence-electron chi connectivity index (χ4n) is 1.32. The minimum absolute atomic E-state index is 0.475. The lowest BCUT2D eigenvalue weighted by Gasteiger charge is -2.07. The topological polar surface area (TPSA) is 75.6 Å². The van der Waals surface area contributed by atoms with Crippen LogP contribution in [0.1, 0.15) is 12.5 Å². The maximum atomic E-state index is 11.5. The molecule has 0 saturated carbocycles. The molecule has 102 valence electrons. The van der Waals surface area contributed by atoms with Crippen LogP contribution in [-0.2, 0) is 9.59 Å². The number of methoxy groups -OCH3 is 1. The fourth-order valence-corrected chi connectivity index (χ4v) is 1.70. The summed E-state index contributed by atoms with van der Waals surface area (Å²) in [5, 5.41) is 11.0. The van der Waals surface area contributed by atoms with E-state index in [0.29, 0.717) is 5.75 Å². The molecule has 1 atom stereocenters. The van der Waals surface area contributed by atoms with Gasteiger partial charge in [-0.3, -0.25) is 9.59 Å². The Hall–Kier alpha value is -1.82. The van der Waals surface area contributed by atoms with Crippen molar-refractivity contribution in [3.8, 4) is 5.75 Å². The predicted molar refractivity (Wildman–Crippen MR) is 75.0 cm³/mol. The quantitative estimate of drug-likeness (QED) is 0.812. The molecule has 0 saturated heterocycles. The fraction of sp³-hybridized carbons (Fsp3) is 0.231. The Morgan fingerprint density at radius 1 is 1.47 bits per heavy atom. The maximum Gasteiger partial charge on any atom is 0.325 e. The number of hydrogen-bond acceptors (Lipinski definition) is 3. The van der Waals surface area contributed by atoms with E-state index in [-0.39, 0.29) is 0 Å². The van der Waals surface area contributed by atoms with Crippen molar-refractivity contribution in [3.05, 3.63) is 34.3 Å². The van der Waals surface area contributed by atoms with Crippen LogP contribution in [0.5, 0.6) is 5.75 Å². The summed E-state index contributed by atoms with van der Waals surface area (Å²) in [5.41, 5.74) is 0.718. The van der Waals surface area contributed by atoms with Gasteiger partial charge in [0.2, 0.25) is 5.91 Å². The third-order valence-electron chi connectivity index (χ3n) is 2.34. The van der Waals surface area contributed by atoms with Crippen molar-refractivity contribution in [1.29, 1.82) is 0 Å². The molecule has 6 heteroatoms. The first kappa shape index (κ1) is 15.2. The zero-order valence-corrected chi connectivity index (χ0v) is 12.1. The summed E-state index contributed by atoms with van der Waals surface area (Å²) in [6.45, 7) is 1.40. The Kier molecular flexibility index (Phi) is 5.57. The van der Waals surface area contributed by atoms with Crippen molar-refractivity contribution in [2.24, 2.45) is 0 Å². The number of halogens is 1. The van der Waals surface area contributed by atoms with Crippen molar-refractivity contribution in [2.75, 3.05) is 7.11 Å². The summed E-state index contributed by atoms with van der Waals surface area (Å²) in [5.74, 6) is -0.933. The molecule has 0 aliphatic rings. The monoisotopic (exact) mass is 327 g/mol. The molecule has 0 heterocycles. The molecular weight excluding hydrogens is 314 g/mol. The van der Waals surface area contributed by atoms with Crippen molar-refractivity contribution in [2.45, 2.75) is 13.0 Å². The Labute approximate surface area is 119 Å². The third-order valence-corrected chi connectivity index (χ3v) is 2.83. The second kappa shape index (κ2) is 6.94. The average Bonchev–Trinajstić information content (AvgIpc) is 2.36. The highest BCUT2D eigenvalue weighted by Crippen LogP contribution is 2.23. The molecule has 19 heavy (non-hydrogen) atoms. The summed E-state index contributed by atoms with van der Waals surface area (Å²) in [7, 11) is 1.53. The van der Waals surface area contributed by atoms with Crippen LogP contribution >= 0.6 is 15.9 Å². The zero-order valence-electron chi connectivity index (χ0n) is 10.5. The molecule has 0 spiro atoms. The lowest BCUT2D eigenvalue weighted by atomic mass is 10.2. The summed E-state index contributed by atoms with van der Waals surface area (Å²) in [6, 6.07) is 4.45. The van der Waals surface area contributed by atoms with E-state index in [2.05, 4.69) is 21.2 Å². The van der Waals surface area contributed by atoms with Crippen LogP contribution in [0.15, 0.2) is 28.7 Å². The van der Waals surface area contributed by atoms with Crippen molar-refractivity contribution < 1.29 is 19.4 Å². The van der Waals surface area contributed by atoms with E-state index < -0.39 is 17.9 Å². The van der Waals surface area contributed by atoms with E-state index in [0.717, 1.165) is 10.0 Å². The van der Waals surface area contributed by atoms with Gasteiger partial charge < -0.3 is 15.2 Å². The second-order valence-electron chi connectivity index (χ2n) is 3.79. The molecule has 1 aromatic carbocycles. The number of hydrogen-bond donors (Lipinski definition) is 2. The van der Waals surface area contributed by atoms with Crippen LogP contribution in [0.25, 0.3) is 6.08 Å². The lowest BCUT2D eigenvalue weighted by Crippen LogP contribution is -2.37. The number of benzene rings is 1. The second-order valence-corrected chi connectivity index (χ2v) is 4.70. The van der Waals surface area contributed by atoms with Gasteiger partial charge >= 0.3 is 5.97 Å². The van der Waals surface area contributed by atoms with Gasteiger partial charge in [0.25, 0.3) is 0 Å². The largest absolute Gasteiger partial charge is 0.496 e. The number of aliphatic carboxylic acids is 1. The maximum absolute atomic E-state index is 11.5. The summed E-state index contributed by atoms with van der Waals surface area (Å²) in [6.07, 6.45) is 2.83. The average molecular weight is 328 g/mol. The van der Waals surface area contributed by atoms with Crippen LogP contribution < -0.4 is 10.1 Å². The molecule has 0 bridgehead atoms. The molecule has 0 aliphatic carbocycles. The van der Waals surface area contributed by atoms with Crippen LogP contribution in [-0.4, -0.2) is 30.1 Å². The third kappa shape index (κ3) is 4.75. The first-order valence-corrected chi connectivity index (χ1v) is 6.28. The molecule has 0 radical (unpaired) electrons. The summed E-state index contributed by atoms with van der Waals surface area (Å²) in [4.78, 5) is 22.1. The number of amides is 1. The molecule has 2 N–H and O–H groups in total. The van der Waals surface area contributed by atoms with Gasteiger partial charge in [-0.15, -0.1) is 0 Å². The van der Waals surface area contributed by atoms with Crippen molar-refractivity contribution >= 4 is 33.9 Å². The molecule has 1 amide bonds. The molecule has 0 aromatic heterocycles. The van der Waals surface area contributed by atoms with Gasteiger partial charge in [-0.05, 0) is 31.2 Å². The number of carboxylic acid groups (broad SMARTS) is 1. The number of carbonyl (C=O) groups is 2. The number of nitrogens with one attached hydrogen (secondary N) is 1. The normalized spacial score (nSPS) is 12.2. The van der Waals surface area contributed by atoms with E-state index in [1.165, 1.54) is 20.1 Å². The first-order chi connectivity index (χ1) is 8.93. The van der Waals surface area contributed by atoms with Crippen LogP contribution in [0, 0.1) is 0 Å². The van der Waals surface area contributed by atoms with Gasteiger partial charge in [0.1, 0.15) is 11.8 Å². The van der Waals surface area contributed by atoms with E-state index in [9.17, 15) is 9.59 Å². The van der Waals surface area contributed by atoms with Gasteiger partial charge in [-0.25, -0.2) is 0 Å². The Balaban J connectivity index is 2.78. The minimum atomic E-state index is -1.08. The Morgan fingerprint density at radius 3 is 2.74 bits per heavy atom. The standard InChI is InChI=1S/C13H14BrNO4/c1-8(13(17)18)15-12(16)6-3-9-7-10(14)4-5-11(9)19-2/h3-8H,1-2H3,(H,15,16)(H,17,18)/b6-3+/t8-/m1/s1. The molecule has 1 rings (SSSR count). The number of rotatable bonds is 5. The smallest absolute Gasteiger partial charge is 0.325 e. The van der Waals surface area contributed by atoms with Crippen LogP contribution in [0.2, 0.25) is 0 Å². The van der Waals surface area contributed by atoms with E-state index in [4.69, 9.17) is 9.84 Å².